The van der Waals surface area contributed by atoms with Crippen LogP contribution < -0.4 is 5.30 Å². The van der Waals surface area contributed by atoms with Gasteiger partial charge in [-0.2, -0.15) is 5.10 Å². The van der Waals surface area contributed by atoms with E-state index in [1.54, 1.807) is 34.8 Å². The van der Waals surface area contributed by atoms with Gasteiger partial charge in [-0.15, -0.1) is 5.10 Å². The van der Waals surface area contributed by atoms with Gasteiger partial charge in [-0.25, -0.2) is 19.0 Å². The van der Waals surface area contributed by atoms with Crippen molar-refractivity contribution in [3.63, 3.8) is 0 Å². The summed E-state index contributed by atoms with van der Waals surface area (Å²) in [4.78, 5) is 8.95. The van der Waals surface area contributed by atoms with E-state index in [1.165, 1.54) is 12.3 Å². The van der Waals surface area contributed by atoms with Crippen molar-refractivity contribution in [3.05, 3.63) is 60.2 Å². The molecule has 0 amide bonds. The first kappa shape index (κ1) is 19.5. The average Bonchev–Trinajstić information content (AvgIpc) is 3.28. The van der Waals surface area contributed by atoms with E-state index in [9.17, 15) is 8.96 Å². The minimum atomic E-state index is -2.70. The fraction of sp³-hybridized carbons (Fsp3) is 0.190. The van der Waals surface area contributed by atoms with Gasteiger partial charge in [-0.05, 0) is 43.2 Å². The van der Waals surface area contributed by atoms with Crippen molar-refractivity contribution in [2.75, 3.05) is 13.3 Å². The zero-order valence-electron chi connectivity index (χ0n) is 17.2. The molecule has 0 spiro atoms. The molecule has 0 saturated heterocycles. The average molecular weight is 435 g/mol. The molecule has 8 nitrogen and oxygen atoms in total. The lowest BCUT2D eigenvalue weighted by Crippen LogP contribution is -2.08. The Balaban J connectivity index is 1.52. The number of halogens is 1. The summed E-state index contributed by atoms with van der Waals surface area (Å²) in [5, 5.41) is 13.9. The highest BCUT2D eigenvalue weighted by atomic mass is 31.2. The third-order valence-corrected chi connectivity index (χ3v) is 6.59. The number of hydrogen-bond acceptors (Lipinski definition) is 6. The first-order valence-corrected chi connectivity index (χ1v) is 12.2. The third-order valence-electron chi connectivity index (χ3n) is 5.07. The number of aryl methyl sites for hydroxylation is 1. The van der Waals surface area contributed by atoms with Gasteiger partial charge in [0.1, 0.15) is 13.0 Å². The highest BCUT2D eigenvalue weighted by molar-refractivity contribution is 7.70. The van der Waals surface area contributed by atoms with Gasteiger partial charge in [-0.3, -0.25) is 4.68 Å². The summed E-state index contributed by atoms with van der Waals surface area (Å²) < 4.78 is 30.2. The van der Waals surface area contributed by atoms with Crippen molar-refractivity contribution >= 4 is 34.6 Å². The topological polar surface area (TPSA) is 91.4 Å². The highest BCUT2D eigenvalue weighted by Gasteiger charge is 2.18. The Morgan fingerprint density at radius 1 is 1.13 bits per heavy atom. The minimum Gasteiger partial charge on any atom is -0.319 e. The summed E-state index contributed by atoms with van der Waals surface area (Å²) in [6, 6.07) is 10.6. The summed E-state index contributed by atoms with van der Waals surface area (Å²) >= 11 is 0. The number of rotatable bonds is 4. The molecule has 0 radical (unpaired) electrons. The second-order valence-corrected chi connectivity index (χ2v) is 11.0. The molecule has 0 atom stereocenters. The molecule has 5 aromatic rings. The van der Waals surface area contributed by atoms with Crippen molar-refractivity contribution in [1.82, 2.24) is 34.7 Å². The molecule has 3 aromatic heterocycles. The van der Waals surface area contributed by atoms with E-state index in [0.717, 1.165) is 16.5 Å². The lowest BCUT2D eigenvalue weighted by Gasteiger charge is -2.10. The van der Waals surface area contributed by atoms with Crippen LogP contribution in [0.15, 0.2) is 48.8 Å². The van der Waals surface area contributed by atoms with Crippen LogP contribution in [0.5, 0.6) is 0 Å². The molecule has 5 rings (SSSR count). The fourth-order valence-electron chi connectivity index (χ4n) is 3.57. The van der Waals surface area contributed by atoms with E-state index in [0.29, 0.717) is 29.1 Å². The summed E-state index contributed by atoms with van der Waals surface area (Å²) in [5.74, 6) is -0.510. The normalized spacial score (nSPS) is 12.1. The maximum Gasteiger partial charge on any atom is 0.221 e. The zero-order chi connectivity index (χ0) is 21.8. The van der Waals surface area contributed by atoms with Crippen LogP contribution in [0, 0.1) is 5.82 Å². The Labute approximate surface area is 177 Å². The molecule has 0 N–H and O–H groups in total. The molecule has 0 aliphatic carbocycles. The number of fused-ring (bicyclic) bond motifs is 2. The predicted octanol–water partition coefficient (Wildman–Crippen LogP) is 3.21. The fourth-order valence-corrected chi connectivity index (χ4v) is 4.59. The molecule has 0 bridgehead atoms. The molecule has 31 heavy (non-hydrogen) atoms. The number of hydrogen-bond donors (Lipinski definition) is 0. The summed E-state index contributed by atoms with van der Waals surface area (Å²) in [6.45, 7) is 3.55. The first-order valence-electron chi connectivity index (χ1n) is 9.62. The molecule has 0 unspecified atom stereocenters. The van der Waals surface area contributed by atoms with E-state index in [-0.39, 0.29) is 5.30 Å². The molecule has 156 valence electrons. The molecular weight excluding hydrogens is 416 g/mol. The smallest absolute Gasteiger partial charge is 0.221 e. The van der Waals surface area contributed by atoms with Crippen molar-refractivity contribution in [3.8, 4) is 11.3 Å². The van der Waals surface area contributed by atoms with Crippen molar-refractivity contribution in [2.45, 2.75) is 6.54 Å². The zero-order valence-corrected chi connectivity index (χ0v) is 18.1. The molecule has 0 aliphatic rings. The lowest BCUT2D eigenvalue weighted by molar-refractivity contribution is 0.584. The highest BCUT2D eigenvalue weighted by Crippen LogP contribution is 2.36. The summed E-state index contributed by atoms with van der Waals surface area (Å²) in [5.41, 5.74) is 3.90. The Hall–Kier alpha value is -3.45. The second-order valence-electron chi connectivity index (χ2n) is 7.86. The van der Waals surface area contributed by atoms with Crippen LogP contribution in [0.4, 0.5) is 4.39 Å². The van der Waals surface area contributed by atoms with Gasteiger partial charge in [0.2, 0.25) is 5.65 Å². The van der Waals surface area contributed by atoms with E-state index in [2.05, 4.69) is 31.4 Å². The van der Waals surface area contributed by atoms with Crippen LogP contribution in [-0.4, -0.2) is 48.1 Å². The van der Waals surface area contributed by atoms with Gasteiger partial charge in [0.25, 0.3) is 0 Å². The van der Waals surface area contributed by atoms with E-state index in [1.807, 2.05) is 25.4 Å². The standard InChI is InChI=1S/C21H19FN7OP/c1-28-12-15-8-13(4-6-17(15)26-28)11-29-21-20(25-27-29)23-10-18(24-21)14-5-7-19(16(22)9-14)31(2,3)30/h4-10,12H,11H2,1-3H3. The van der Waals surface area contributed by atoms with Crippen LogP contribution in [0.2, 0.25) is 0 Å². The summed E-state index contributed by atoms with van der Waals surface area (Å²) in [7, 11) is -0.815. The second kappa shape index (κ2) is 7.06. The monoisotopic (exact) mass is 435 g/mol. The van der Waals surface area contributed by atoms with Gasteiger partial charge < -0.3 is 4.57 Å². The largest absolute Gasteiger partial charge is 0.319 e. The van der Waals surface area contributed by atoms with Crippen LogP contribution in [0.25, 0.3) is 33.5 Å². The quantitative estimate of drug-likeness (QED) is 0.403. The summed E-state index contributed by atoms with van der Waals surface area (Å²) in [6.07, 6.45) is 3.49. The van der Waals surface area contributed by atoms with Gasteiger partial charge >= 0.3 is 0 Å². The Morgan fingerprint density at radius 2 is 1.97 bits per heavy atom. The van der Waals surface area contributed by atoms with Gasteiger partial charge in [0.15, 0.2) is 5.65 Å². The molecule has 0 aliphatic heterocycles. The lowest BCUT2D eigenvalue weighted by atomic mass is 10.1. The minimum absolute atomic E-state index is 0.225. The van der Waals surface area contributed by atoms with Crippen LogP contribution in [0.3, 0.4) is 0 Å². The van der Waals surface area contributed by atoms with Gasteiger partial charge in [-0.1, -0.05) is 17.3 Å². The Morgan fingerprint density at radius 3 is 2.74 bits per heavy atom. The number of aromatic nitrogens is 7. The van der Waals surface area contributed by atoms with Crippen LogP contribution in [0.1, 0.15) is 5.56 Å². The van der Waals surface area contributed by atoms with Gasteiger partial charge in [0.05, 0.1) is 24.0 Å². The molecular formula is C21H19FN7OP. The maximum atomic E-state index is 14.5. The SMILES string of the molecule is Cn1cc2cc(Cn3nnc4ncc(-c5ccc(P(C)(C)=O)c(F)c5)nc43)ccc2n1. The van der Waals surface area contributed by atoms with Crippen molar-refractivity contribution < 1.29 is 8.96 Å². The number of nitrogens with zero attached hydrogens (tertiary/aromatic N) is 7. The van der Waals surface area contributed by atoms with Crippen LogP contribution >= 0.6 is 7.14 Å². The third kappa shape index (κ3) is 3.61. The van der Waals surface area contributed by atoms with E-state index < -0.39 is 13.0 Å². The van der Waals surface area contributed by atoms with Crippen LogP contribution in [-0.2, 0) is 18.2 Å². The maximum absolute atomic E-state index is 14.5. The van der Waals surface area contributed by atoms with E-state index in [4.69, 9.17) is 0 Å². The predicted molar refractivity (Wildman–Crippen MR) is 117 cm³/mol. The van der Waals surface area contributed by atoms with Crippen molar-refractivity contribution in [1.29, 1.82) is 0 Å². The van der Waals surface area contributed by atoms with E-state index >= 15 is 0 Å². The Bertz CT molecular complexity index is 1500. The molecule has 0 saturated carbocycles. The molecule has 2 aromatic carbocycles. The first-order chi connectivity index (χ1) is 14.8. The molecule has 10 heteroatoms. The molecule has 0 fully saturated rings. The van der Waals surface area contributed by atoms with Gasteiger partial charge in [0, 0.05) is 29.5 Å². The Kier molecular flexibility index (Phi) is 4.44. The molecule has 3 heterocycles. The van der Waals surface area contributed by atoms with Crippen molar-refractivity contribution in [2.24, 2.45) is 7.05 Å². The number of benzene rings is 2.